The molecule has 0 radical (unpaired) electrons. The number of hydrogen-bond donors (Lipinski definition) is 2. The summed E-state index contributed by atoms with van der Waals surface area (Å²) in [6, 6.07) is 12.2. The molecule has 7 heteroatoms. The molecule has 32 heavy (non-hydrogen) atoms. The summed E-state index contributed by atoms with van der Waals surface area (Å²) >= 11 is 0. The van der Waals surface area contributed by atoms with Gasteiger partial charge in [-0.3, -0.25) is 9.59 Å². The van der Waals surface area contributed by atoms with Gasteiger partial charge in [-0.05, 0) is 45.2 Å². The van der Waals surface area contributed by atoms with E-state index in [1.165, 1.54) is 0 Å². The van der Waals surface area contributed by atoms with Crippen molar-refractivity contribution in [2.75, 3.05) is 30.5 Å². The molecule has 2 aromatic rings. The molecular formula is C25H34N2O5. The quantitative estimate of drug-likeness (QED) is 0.476. The summed E-state index contributed by atoms with van der Waals surface area (Å²) < 4.78 is 17.1. The fourth-order valence-corrected chi connectivity index (χ4v) is 2.88. The molecule has 174 valence electrons. The monoisotopic (exact) mass is 442 g/mol. The van der Waals surface area contributed by atoms with E-state index < -0.39 is 6.10 Å². The van der Waals surface area contributed by atoms with Crippen LogP contribution in [0.5, 0.6) is 11.5 Å². The van der Waals surface area contributed by atoms with Gasteiger partial charge in [0.1, 0.15) is 17.6 Å². The molecule has 0 aromatic heterocycles. The first-order valence-corrected chi connectivity index (χ1v) is 11.1. The molecule has 0 heterocycles. The van der Waals surface area contributed by atoms with E-state index in [4.69, 9.17) is 14.2 Å². The predicted molar refractivity (Wildman–Crippen MR) is 127 cm³/mol. The van der Waals surface area contributed by atoms with Crippen LogP contribution in [-0.2, 0) is 9.53 Å². The normalized spacial score (nSPS) is 11.7. The van der Waals surface area contributed by atoms with Gasteiger partial charge >= 0.3 is 0 Å². The highest BCUT2D eigenvalue weighted by molar-refractivity contribution is 6.05. The molecule has 0 aliphatic carbocycles. The number of carbonyl (C=O) groups is 2. The molecule has 0 spiro atoms. The molecule has 0 bridgehead atoms. The molecule has 2 rings (SSSR count). The number of anilines is 2. The zero-order chi connectivity index (χ0) is 23.5. The number of hydrogen-bond acceptors (Lipinski definition) is 5. The van der Waals surface area contributed by atoms with E-state index in [0.717, 1.165) is 6.42 Å². The smallest absolute Gasteiger partial charge is 0.255 e. The van der Waals surface area contributed by atoms with E-state index in [0.29, 0.717) is 54.2 Å². The van der Waals surface area contributed by atoms with Crippen LogP contribution >= 0.6 is 0 Å². The van der Waals surface area contributed by atoms with E-state index in [9.17, 15) is 9.59 Å². The molecule has 2 N–H and O–H groups in total. The Bertz CT molecular complexity index is 883. The molecule has 0 aliphatic rings. The summed E-state index contributed by atoms with van der Waals surface area (Å²) in [6.07, 6.45) is 0.266. The third-order valence-corrected chi connectivity index (χ3v) is 4.66. The maximum Gasteiger partial charge on any atom is 0.255 e. The zero-order valence-electron chi connectivity index (χ0n) is 19.6. The Balaban J connectivity index is 2.24. The average Bonchev–Trinajstić information content (AvgIpc) is 2.77. The molecule has 0 saturated carbocycles. The first kappa shape index (κ1) is 25.2. The highest BCUT2D eigenvalue weighted by Gasteiger charge is 2.19. The van der Waals surface area contributed by atoms with Gasteiger partial charge in [-0.1, -0.05) is 32.0 Å². The first-order valence-electron chi connectivity index (χ1n) is 11.1. The molecule has 0 aliphatic heterocycles. The molecule has 1 atom stereocenters. The fourth-order valence-electron chi connectivity index (χ4n) is 2.88. The molecule has 2 amide bonds. The molecule has 7 nitrogen and oxygen atoms in total. The van der Waals surface area contributed by atoms with Gasteiger partial charge in [-0.25, -0.2) is 0 Å². The number of amides is 2. The van der Waals surface area contributed by atoms with Crippen LogP contribution in [0.1, 0.15) is 51.4 Å². The molecule has 2 aromatic carbocycles. The van der Waals surface area contributed by atoms with Crippen molar-refractivity contribution in [3.63, 3.8) is 0 Å². The highest BCUT2D eigenvalue weighted by Crippen LogP contribution is 2.37. The van der Waals surface area contributed by atoms with Gasteiger partial charge in [-0.2, -0.15) is 0 Å². The van der Waals surface area contributed by atoms with Crippen LogP contribution in [0.2, 0.25) is 0 Å². The van der Waals surface area contributed by atoms with Gasteiger partial charge < -0.3 is 24.8 Å². The zero-order valence-corrected chi connectivity index (χ0v) is 19.6. The van der Waals surface area contributed by atoms with Crippen LogP contribution in [0.3, 0.4) is 0 Å². The lowest BCUT2D eigenvalue weighted by Gasteiger charge is -2.19. The lowest BCUT2D eigenvalue weighted by Crippen LogP contribution is -2.28. The Morgan fingerprint density at radius 2 is 1.44 bits per heavy atom. The van der Waals surface area contributed by atoms with Crippen LogP contribution in [0.4, 0.5) is 11.4 Å². The van der Waals surface area contributed by atoms with Gasteiger partial charge in [0, 0.05) is 24.3 Å². The minimum atomic E-state index is -0.615. The predicted octanol–water partition coefficient (Wildman–Crippen LogP) is 5.13. The van der Waals surface area contributed by atoms with E-state index in [2.05, 4.69) is 24.5 Å². The standard InChI is InChI=1S/C25H34N2O5/c1-6-30-22-16-21(27-25(29)19-11-9-8-10-12-19)23(31-7-2)15-20(22)26-24(28)18(5)32-14-13-17(3)4/h8-12,15-18H,6-7,13-14H2,1-5H3,(H,26,28)(H,27,29). The lowest BCUT2D eigenvalue weighted by atomic mass is 10.1. The van der Waals surface area contributed by atoms with Gasteiger partial charge in [0.05, 0.1) is 24.6 Å². The van der Waals surface area contributed by atoms with E-state index >= 15 is 0 Å². The Morgan fingerprint density at radius 1 is 0.875 bits per heavy atom. The summed E-state index contributed by atoms with van der Waals surface area (Å²) in [4.78, 5) is 25.3. The van der Waals surface area contributed by atoms with E-state index in [1.807, 2.05) is 19.9 Å². The van der Waals surface area contributed by atoms with Crippen molar-refractivity contribution in [3.8, 4) is 11.5 Å². The highest BCUT2D eigenvalue weighted by atomic mass is 16.5. The third-order valence-electron chi connectivity index (χ3n) is 4.66. The van der Waals surface area contributed by atoms with Crippen molar-refractivity contribution in [2.45, 2.75) is 47.1 Å². The minimum Gasteiger partial charge on any atom is -0.492 e. The Labute approximate surface area is 190 Å². The van der Waals surface area contributed by atoms with Crippen molar-refractivity contribution in [1.82, 2.24) is 0 Å². The largest absolute Gasteiger partial charge is 0.492 e. The van der Waals surface area contributed by atoms with Crippen molar-refractivity contribution >= 4 is 23.2 Å². The lowest BCUT2D eigenvalue weighted by molar-refractivity contribution is -0.126. The molecule has 0 fully saturated rings. The number of rotatable bonds is 12. The van der Waals surface area contributed by atoms with Crippen LogP contribution < -0.4 is 20.1 Å². The molecular weight excluding hydrogens is 408 g/mol. The van der Waals surface area contributed by atoms with Crippen LogP contribution in [0, 0.1) is 5.92 Å². The first-order chi connectivity index (χ1) is 15.3. The Kier molecular flexibility index (Phi) is 10.0. The second-order valence-corrected chi connectivity index (χ2v) is 7.72. The van der Waals surface area contributed by atoms with Crippen molar-refractivity contribution in [2.24, 2.45) is 5.92 Å². The van der Waals surface area contributed by atoms with E-state index in [-0.39, 0.29) is 11.8 Å². The fraction of sp³-hybridized carbons (Fsp3) is 0.440. The summed E-state index contributed by atoms with van der Waals surface area (Å²) in [5, 5.41) is 5.73. The SMILES string of the molecule is CCOc1cc(NC(=O)C(C)OCCC(C)C)c(OCC)cc1NC(=O)c1ccccc1. The van der Waals surface area contributed by atoms with Gasteiger partial charge in [0.25, 0.3) is 11.8 Å². The summed E-state index contributed by atoms with van der Waals surface area (Å²) in [5.41, 5.74) is 1.44. The Morgan fingerprint density at radius 3 is 1.97 bits per heavy atom. The number of benzene rings is 2. The van der Waals surface area contributed by atoms with Crippen molar-refractivity contribution in [3.05, 3.63) is 48.0 Å². The summed E-state index contributed by atoms with van der Waals surface area (Å²) in [7, 11) is 0. The van der Waals surface area contributed by atoms with Crippen LogP contribution in [0.25, 0.3) is 0 Å². The van der Waals surface area contributed by atoms with Crippen molar-refractivity contribution < 1.29 is 23.8 Å². The Hall–Kier alpha value is -3.06. The topological polar surface area (TPSA) is 85.9 Å². The van der Waals surface area contributed by atoms with E-state index in [1.54, 1.807) is 43.3 Å². The number of ether oxygens (including phenoxy) is 3. The average molecular weight is 443 g/mol. The molecule has 1 unspecified atom stereocenters. The van der Waals surface area contributed by atoms with Crippen LogP contribution in [0.15, 0.2) is 42.5 Å². The molecule has 0 saturated heterocycles. The van der Waals surface area contributed by atoms with Gasteiger partial charge in [-0.15, -0.1) is 0 Å². The summed E-state index contributed by atoms with van der Waals surface area (Å²) in [5.74, 6) is 0.823. The summed E-state index contributed by atoms with van der Waals surface area (Å²) in [6.45, 7) is 10.9. The van der Waals surface area contributed by atoms with Gasteiger partial charge in [0.15, 0.2) is 0 Å². The third kappa shape index (κ3) is 7.57. The second-order valence-electron chi connectivity index (χ2n) is 7.72. The maximum absolute atomic E-state index is 12.7. The minimum absolute atomic E-state index is 0.266. The number of nitrogens with one attached hydrogen (secondary N) is 2. The number of carbonyl (C=O) groups excluding carboxylic acids is 2. The van der Waals surface area contributed by atoms with Gasteiger partial charge in [0.2, 0.25) is 0 Å². The van der Waals surface area contributed by atoms with Crippen LogP contribution in [-0.4, -0.2) is 37.7 Å². The van der Waals surface area contributed by atoms with Crippen molar-refractivity contribution in [1.29, 1.82) is 0 Å². The second kappa shape index (κ2) is 12.7. The maximum atomic E-state index is 12.7.